The van der Waals surface area contributed by atoms with Gasteiger partial charge in [-0.25, -0.2) is 9.37 Å². The highest BCUT2D eigenvalue weighted by Gasteiger charge is 2.11. The molecule has 1 heterocycles. The summed E-state index contributed by atoms with van der Waals surface area (Å²) < 4.78 is 14.7. The second-order valence-corrected chi connectivity index (χ2v) is 6.30. The molecule has 0 spiro atoms. The van der Waals surface area contributed by atoms with Gasteiger partial charge in [0.1, 0.15) is 5.82 Å². The van der Waals surface area contributed by atoms with Crippen LogP contribution in [0.3, 0.4) is 0 Å². The van der Waals surface area contributed by atoms with Crippen LogP contribution in [0.25, 0.3) is 10.2 Å². The number of carbonyl (C=O) groups is 1. The molecule has 7 heteroatoms. The summed E-state index contributed by atoms with van der Waals surface area (Å²) in [6, 6.07) is 9.33. The van der Waals surface area contributed by atoms with Crippen molar-refractivity contribution < 1.29 is 9.18 Å². The Hall–Kier alpha value is -1.99. The van der Waals surface area contributed by atoms with Gasteiger partial charge in [0.05, 0.1) is 10.2 Å². The molecule has 3 rings (SSSR count). The molecule has 0 aliphatic rings. The molecule has 0 aliphatic heterocycles. The summed E-state index contributed by atoms with van der Waals surface area (Å²) in [6.45, 7) is 0. The molecule has 0 atom stereocenters. The van der Waals surface area contributed by atoms with Gasteiger partial charge in [-0.1, -0.05) is 27.3 Å². The van der Waals surface area contributed by atoms with Crippen molar-refractivity contribution in [2.75, 3.05) is 11.1 Å². The molecule has 2 aromatic carbocycles. The van der Waals surface area contributed by atoms with Crippen LogP contribution < -0.4 is 11.1 Å². The second-order valence-electron chi connectivity index (χ2n) is 4.36. The number of thiazole rings is 1. The average molecular weight is 366 g/mol. The van der Waals surface area contributed by atoms with Gasteiger partial charge < -0.3 is 5.73 Å². The van der Waals surface area contributed by atoms with E-state index >= 15 is 0 Å². The molecule has 106 valence electrons. The van der Waals surface area contributed by atoms with E-state index in [1.165, 1.54) is 23.5 Å². The predicted molar refractivity (Wildman–Crippen MR) is 86.1 cm³/mol. The molecule has 1 aromatic heterocycles. The lowest BCUT2D eigenvalue weighted by Gasteiger charge is -2.02. The van der Waals surface area contributed by atoms with Crippen molar-refractivity contribution in [1.29, 1.82) is 0 Å². The third-order valence-corrected chi connectivity index (χ3v) is 4.15. The normalized spacial score (nSPS) is 10.8. The average Bonchev–Trinajstić information content (AvgIpc) is 2.78. The first-order chi connectivity index (χ1) is 10.0. The molecular formula is C14H9BrFN3OS. The maximum Gasteiger partial charge on any atom is 0.257 e. The van der Waals surface area contributed by atoms with E-state index in [9.17, 15) is 9.18 Å². The van der Waals surface area contributed by atoms with E-state index in [1.54, 1.807) is 24.3 Å². The molecule has 4 nitrogen and oxygen atoms in total. The fourth-order valence-corrected chi connectivity index (χ4v) is 3.22. The van der Waals surface area contributed by atoms with Crippen LogP contribution in [0.2, 0.25) is 0 Å². The van der Waals surface area contributed by atoms with Crippen LogP contribution in [0, 0.1) is 5.82 Å². The van der Waals surface area contributed by atoms with E-state index in [1.807, 2.05) is 0 Å². The van der Waals surface area contributed by atoms with Crippen molar-refractivity contribution in [3.63, 3.8) is 0 Å². The van der Waals surface area contributed by atoms with Crippen molar-refractivity contribution in [3.8, 4) is 0 Å². The Morgan fingerprint density at radius 1 is 1.29 bits per heavy atom. The highest BCUT2D eigenvalue weighted by Crippen LogP contribution is 2.28. The first kappa shape index (κ1) is 14.0. The number of benzene rings is 2. The van der Waals surface area contributed by atoms with Crippen molar-refractivity contribution >= 4 is 54.2 Å². The van der Waals surface area contributed by atoms with E-state index < -0.39 is 11.7 Å². The number of fused-ring (bicyclic) bond motifs is 1. The largest absolute Gasteiger partial charge is 0.399 e. The minimum Gasteiger partial charge on any atom is -0.399 e. The van der Waals surface area contributed by atoms with Gasteiger partial charge in [0.15, 0.2) is 5.13 Å². The summed E-state index contributed by atoms with van der Waals surface area (Å²) in [7, 11) is 0. The number of anilines is 2. The maximum absolute atomic E-state index is 13.3. The molecule has 1 amide bonds. The summed E-state index contributed by atoms with van der Waals surface area (Å²) in [6.07, 6.45) is 0. The lowest BCUT2D eigenvalue weighted by Crippen LogP contribution is -2.11. The fraction of sp³-hybridized carbons (Fsp3) is 0. The number of rotatable bonds is 2. The van der Waals surface area contributed by atoms with Crippen molar-refractivity contribution in [2.45, 2.75) is 0 Å². The third kappa shape index (κ3) is 3.03. The summed E-state index contributed by atoms with van der Waals surface area (Å²) in [5.41, 5.74) is 7.32. The molecule has 0 saturated carbocycles. The monoisotopic (exact) mass is 365 g/mol. The number of nitrogens with two attached hydrogens (primary N) is 1. The lowest BCUT2D eigenvalue weighted by molar-refractivity contribution is 0.102. The van der Waals surface area contributed by atoms with E-state index in [4.69, 9.17) is 5.73 Å². The zero-order chi connectivity index (χ0) is 15.0. The first-order valence-electron chi connectivity index (χ1n) is 5.95. The van der Waals surface area contributed by atoms with Gasteiger partial charge in [0.2, 0.25) is 0 Å². The Morgan fingerprint density at radius 2 is 2.10 bits per heavy atom. The lowest BCUT2D eigenvalue weighted by atomic mass is 10.2. The fourth-order valence-electron chi connectivity index (χ4n) is 1.85. The van der Waals surface area contributed by atoms with Gasteiger partial charge >= 0.3 is 0 Å². The molecular weight excluding hydrogens is 357 g/mol. The number of halogens is 2. The standard InChI is InChI=1S/C14H9BrFN3OS/c15-8-3-7(4-9(16)5-8)13(20)19-14-18-11-2-1-10(17)6-12(11)21-14/h1-6H,17H2,(H,18,19,20). The Morgan fingerprint density at radius 3 is 2.86 bits per heavy atom. The summed E-state index contributed by atoms with van der Waals surface area (Å²) >= 11 is 4.47. The number of nitrogen functional groups attached to an aromatic ring is 1. The molecule has 0 unspecified atom stereocenters. The molecule has 0 radical (unpaired) electrons. The number of amides is 1. The minimum atomic E-state index is -0.480. The number of hydrogen-bond acceptors (Lipinski definition) is 4. The third-order valence-electron chi connectivity index (χ3n) is 2.76. The van der Waals surface area contributed by atoms with Gasteiger partial charge in [-0.15, -0.1) is 0 Å². The van der Waals surface area contributed by atoms with E-state index in [-0.39, 0.29) is 5.56 Å². The van der Waals surface area contributed by atoms with Crippen LogP contribution in [0.4, 0.5) is 15.2 Å². The number of nitrogens with zero attached hydrogens (tertiary/aromatic N) is 1. The molecule has 0 fully saturated rings. The SMILES string of the molecule is Nc1ccc2nc(NC(=O)c3cc(F)cc(Br)c3)sc2c1. The van der Waals surface area contributed by atoms with Gasteiger partial charge in [-0.3, -0.25) is 10.1 Å². The Kier molecular flexibility index (Phi) is 3.60. The van der Waals surface area contributed by atoms with Crippen molar-refractivity contribution in [1.82, 2.24) is 4.98 Å². The van der Waals surface area contributed by atoms with Crippen LogP contribution in [0.5, 0.6) is 0 Å². The number of hydrogen-bond donors (Lipinski definition) is 2. The molecule has 3 aromatic rings. The highest BCUT2D eigenvalue weighted by atomic mass is 79.9. The van der Waals surface area contributed by atoms with E-state index in [0.717, 1.165) is 10.2 Å². The van der Waals surface area contributed by atoms with Crippen molar-refractivity contribution in [2.24, 2.45) is 0 Å². The minimum absolute atomic E-state index is 0.223. The van der Waals surface area contributed by atoms with Crippen LogP contribution >= 0.6 is 27.3 Å². The second kappa shape index (κ2) is 5.42. The zero-order valence-corrected chi connectivity index (χ0v) is 13.0. The van der Waals surface area contributed by atoms with Gasteiger partial charge in [0.25, 0.3) is 5.91 Å². The number of carbonyl (C=O) groups excluding carboxylic acids is 1. The predicted octanol–water partition coefficient (Wildman–Crippen LogP) is 4.03. The number of aromatic nitrogens is 1. The van der Waals surface area contributed by atoms with Crippen LogP contribution in [0.1, 0.15) is 10.4 Å². The Labute approximate surface area is 131 Å². The van der Waals surface area contributed by atoms with Gasteiger partial charge in [-0.2, -0.15) is 0 Å². The molecule has 0 saturated heterocycles. The van der Waals surface area contributed by atoms with Crippen LogP contribution in [-0.4, -0.2) is 10.9 Å². The molecule has 3 N–H and O–H groups in total. The summed E-state index contributed by atoms with van der Waals surface area (Å²) in [4.78, 5) is 16.4. The smallest absolute Gasteiger partial charge is 0.257 e. The van der Waals surface area contributed by atoms with Crippen molar-refractivity contribution in [3.05, 3.63) is 52.3 Å². The van der Waals surface area contributed by atoms with E-state index in [2.05, 4.69) is 26.2 Å². The molecule has 0 aliphatic carbocycles. The van der Waals surface area contributed by atoms with Gasteiger partial charge in [-0.05, 0) is 36.4 Å². The Bertz CT molecular complexity index is 829. The number of nitrogens with one attached hydrogen (secondary N) is 1. The van der Waals surface area contributed by atoms with Crippen LogP contribution in [0.15, 0.2) is 40.9 Å². The molecule has 0 bridgehead atoms. The first-order valence-corrected chi connectivity index (χ1v) is 7.56. The Balaban J connectivity index is 1.88. The topological polar surface area (TPSA) is 68.0 Å². The maximum atomic E-state index is 13.3. The molecule has 21 heavy (non-hydrogen) atoms. The zero-order valence-electron chi connectivity index (χ0n) is 10.6. The van der Waals surface area contributed by atoms with Crippen LogP contribution in [-0.2, 0) is 0 Å². The van der Waals surface area contributed by atoms with E-state index in [0.29, 0.717) is 15.3 Å². The summed E-state index contributed by atoms with van der Waals surface area (Å²) in [5.74, 6) is -0.895. The highest BCUT2D eigenvalue weighted by molar-refractivity contribution is 9.10. The quantitative estimate of drug-likeness (QED) is 0.673. The summed E-state index contributed by atoms with van der Waals surface area (Å²) in [5, 5.41) is 3.11. The van der Waals surface area contributed by atoms with Gasteiger partial charge in [0, 0.05) is 15.7 Å².